The minimum Gasteiger partial charge on any atom is -0.341 e. The molecular weight excluding hydrogens is 290 g/mol. The number of nitrogens with zero attached hydrogens (tertiary/aromatic N) is 2. The SMILES string of the molecule is CCS(=O)(=O)N(C)C1CCN(C(=O)[C@@H](N)CC(C)C)CC1. The molecule has 0 aromatic rings. The molecule has 1 fully saturated rings. The van der Waals surface area contributed by atoms with E-state index in [1.807, 2.05) is 13.8 Å². The molecular formula is C14H29N3O3S. The Hall–Kier alpha value is -0.660. The average Bonchev–Trinajstić information content (AvgIpc) is 2.45. The lowest BCUT2D eigenvalue weighted by molar-refractivity contribution is -0.134. The van der Waals surface area contributed by atoms with Gasteiger partial charge in [-0.05, 0) is 32.1 Å². The molecule has 1 aliphatic rings. The number of sulfonamides is 1. The molecule has 2 N–H and O–H groups in total. The van der Waals surface area contributed by atoms with Gasteiger partial charge < -0.3 is 10.6 Å². The van der Waals surface area contributed by atoms with Crippen LogP contribution in [0.1, 0.15) is 40.0 Å². The van der Waals surface area contributed by atoms with Gasteiger partial charge in [-0.25, -0.2) is 12.7 Å². The number of nitrogens with two attached hydrogens (primary N) is 1. The van der Waals surface area contributed by atoms with E-state index in [1.54, 1.807) is 18.9 Å². The van der Waals surface area contributed by atoms with E-state index in [0.717, 1.165) is 0 Å². The predicted molar refractivity (Wildman–Crippen MR) is 84.3 cm³/mol. The van der Waals surface area contributed by atoms with Crippen LogP contribution in [-0.4, -0.2) is 61.5 Å². The van der Waals surface area contributed by atoms with Crippen LogP contribution in [0.25, 0.3) is 0 Å². The quantitative estimate of drug-likeness (QED) is 0.778. The molecule has 1 aliphatic heterocycles. The number of carbonyl (C=O) groups excluding carboxylic acids is 1. The second-order valence-corrected chi connectivity index (χ2v) is 8.53. The van der Waals surface area contributed by atoms with E-state index in [4.69, 9.17) is 5.73 Å². The summed E-state index contributed by atoms with van der Waals surface area (Å²) in [4.78, 5) is 14.0. The summed E-state index contributed by atoms with van der Waals surface area (Å²) >= 11 is 0. The standard InChI is InChI=1S/C14H29N3O3S/c1-5-21(19,20)16(4)12-6-8-17(9-7-12)14(18)13(15)10-11(2)3/h11-13H,5-10,15H2,1-4H3/t13-/m0/s1. The third-order valence-electron chi connectivity index (χ3n) is 4.14. The van der Waals surface area contributed by atoms with Crippen molar-refractivity contribution in [2.75, 3.05) is 25.9 Å². The molecule has 0 aromatic carbocycles. The van der Waals surface area contributed by atoms with Crippen LogP contribution in [0, 0.1) is 5.92 Å². The molecule has 1 atom stereocenters. The molecule has 0 unspecified atom stereocenters. The molecule has 7 heteroatoms. The molecule has 1 heterocycles. The van der Waals surface area contributed by atoms with Gasteiger partial charge in [-0.15, -0.1) is 0 Å². The van der Waals surface area contributed by atoms with E-state index in [9.17, 15) is 13.2 Å². The molecule has 0 aromatic heterocycles. The molecule has 124 valence electrons. The van der Waals surface area contributed by atoms with Crippen molar-refractivity contribution in [2.45, 2.75) is 52.1 Å². The van der Waals surface area contributed by atoms with Crippen molar-refractivity contribution < 1.29 is 13.2 Å². The monoisotopic (exact) mass is 319 g/mol. The Bertz CT molecular complexity index is 442. The first-order chi connectivity index (χ1) is 9.69. The second kappa shape index (κ2) is 7.56. The van der Waals surface area contributed by atoms with Crippen molar-refractivity contribution in [3.63, 3.8) is 0 Å². The van der Waals surface area contributed by atoms with Gasteiger partial charge in [0.05, 0.1) is 11.8 Å². The third-order valence-corrected chi connectivity index (χ3v) is 6.04. The highest BCUT2D eigenvalue weighted by Crippen LogP contribution is 2.19. The first-order valence-corrected chi connectivity index (χ1v) is 9.30. The summed E-state index contributed by atoms with van der Waals surface area (Å²) in [6.45, 7) is 6.90. The highest BCUT2D eigenvalue weighted by Gasteiger charge is 2.31. The summed E-state index contributed by atoms with van der Waals surface area (Å²) in [5, 5.41) is 0. The smallest absolute Gasteiger partial charge is 0.239 e. The largest absolute Gasteiger partial charge is 0.341 e. The van der Waals surface area contributed by atoms with Crippen molar-refractivity contribution >= 4 is 15.9 Å². The Labute approximate surface area is 128 Å². The first-order valence-electron chi connectivity index (χ1n) is 7.69. The van der Waals surface area contributed by atoms with Gasteiger partial charge in [0.15, 0.2) is 0 Å². The van der Waals surface area contributed by atoms with E-state index in [2.05, 4.69) is 0 Å². The fourth-order valence-corrected chi connectivity index (χ4v) is 3.80. The average molecular weight is 319 g/mol. The fourth-order valence-electron chi connectivity index (χ4n) is 2.72. The zero-order valence-electron chi connectivity index (χ0n) is 13.6. The molecule has 0 bridgehead atoms. The lowest BCUT2D eigenvalue weighted by Gasteiger charge is -2.37. The summed E-state index contributed by atoms with van der Waals surface area (Å²) in [6.07, 6.45) is 2.04. The number of hydrogen-bond acceptors (Lipinski definition) is 4. The lowest BCUT2D eigenvalue weighted by Crippen LogP contribution is -2.51. The van der Waals surface area contributed by atoms with Gasteiger partial charge in [-0.3, -0.25) is 4.79 Å². The third kappa shape index (κ3) is 4.93. The van der Waals surface area contributed by atoms with Gasteiger partial charge >= 0.3 is 0 Å². The Balaban J connectivity index is 2.54. The minimum absolute atomic E-state index is 0.0110. The van der Waals surface area contributed by atoms with Crippen LogP contribution in [0.5, 0.6) is 0 Å². The molecule has 0 spiro atoms. The molecule has 0 aliphatic carbocycles. The highest BCUT2D eigenvalue weighted by molar-refractivity contribution is 7.89. The number of piperidine rings is 1. The van der Waals surface area contributed by atoms with Crippen LogP contribution in [0.3, 0.4) is 0 Å². The second-order valence-electron chi connectivity index (χ2n) is 6.21. The summed E-state index contributed by atoms with van der Waals surface area (Å²) < 4.78 is 25.2. The van der Waals surface area contributed by atoms with Crippen LogP contribution >= 0.6 is 0 Å². The normalized spacial score (nSPS) is 19.3. The molecule has 6 nitrogen and oxygen atoms in total. The number of amides is 1. The van der Waals surface area contributed by atoms with Gasteiger partial charge in [0.25, 0.3) is 0 Å². The van der Waals surface area contributed by atoms with E-state index in [-0.39, 0.29) is 17.7 Å². The highest BCUT2D eigenvalue weighted by atomic mass is 32.2. The van der Waals surface area contributed by atoms with Gasteiger partial charge in [-0.1, -0.05) is 13.8 Å². The van der Waals surface area contributed by atoms with Gasteiger partial charge in [0, 0.05) is 26.2 Å². The maximum absolute atomic E-state index is 12.2. The van der Waals surface area contributed by atoms with E-state index < -0.39 is 16.1 Å². The summed E-state index contributed by atoms with van der Waals surface area (Å²) in [6, 6.07) is -0.459. The molecule has 1 saturated heterocycles. The van der Waals surface area contributed by atoms with Crippen molar-refractivity contribution in [1.29, 1.82) is 0 Å². The topological polar surface area (TPSA) is 83.7 Å². The molecule has 1 amide bonds. The number of hydrogen-bond donors (Lipinski definition) is 1. The van der Waals surface area contributed by atoms with E-state index in [0.29, 0.717) is 38.3 Å². The zero-order chi connectivity index (χ0) is 16.2. The molecule has 0 radical (unpaired) electrons. The zero-order valence-corrected chi connectivity index (χ0v) is 14.4. The van der Waals surface area contributed by atoms with Gasteiger partial charge in [0.1, 0.15) is 0 Å². The van der Waals surface area contributed by atoms with Crippen LogP contribution < -0.4 is 5.73 Å². The number of likely N-dealkylation sites (tertiary alicyclic amines) is 1. The van der Waals surface area contributed by atoms with E-state index in [1.165, 1.54) is 4.31 Å². The number of carbonyl (C=O) groups is 1. The molecule has 1 rings (SSSR count). The van der Waals surface area contributed by atoms with Gasteiger partial charge in [0.2, 0.25) is 15.9 Å². The van der Waals surface area contributed by atoms with Crippen LogP contribution in [-0.2, 0) is 14.8 Å². The predicted octanol–water partition coefficient (Wildman–Crippen LogP) is 0.632. The maximum Gasteiger partial charge on any atom is 0.239 e. The first kappa shape index (κ1) is 18.4. The Kier molecular flexibility index (Phi) is 6.62. The maximum atomic E-state index is 12.2. The van der Waals surface area contributed by atoms with Gasteiger partial charge in [-0.2, -0.15) is 0 Å². The van der Waals surface area contributed by atoms with Crippen molar-refractivity contribution in [2.24, 2.45) is 11.7 Å². The molecule has 0 saturated carbocycles. The fraction of sp³-hybridized carbons (Fsp3) is 0.929. The van der Waals surface area contributed by atoms with Crippen LogP contribution in [0.4, 0.5) is 0 Å². The Morgan fingerprint density at radius 3 is 2.29 bits per heavy atom. The minimum atomic E-state index is -3.16. The van der Waals surface area contributed by atoms with Crippen molar-refractivity contribution in [3.8, 4) is 0 Å². The van der Waals surface area contributed by atoms with Crippen LogP contribution in [0.15, 0.2) is 0 Å². The lowest BCUT2D eigenvalue weighted by atomic mass is 10.0. The molecule has 21 heavy (non-hydrogen) atoms. The summed E-state index contributed by atoms with van der Waals surface area (Å²) in [7, 11) is -1.53. The van der Waals surface area contributed by atoms with Crippen molar-refractivity contribution in [3.05, 3.63) is 0 Å². The Morgan fingerprint density at radius 1 is 1.33 bits per heavy atom. The summed E-state index contributed by atoms with van der Waals surface area (Å²) in [5.74, 6) is 0.493. The summed E-state index contributed by atoms with van der Waals surface area (Å²) in [5.41, 5.74) is 5.94. The number of rotatable bonds is 6. The Morgan fingerprint density at radius 2 is 1.86 bits per heavy atom. The van der Waals surface area contributed by atoms with Crippen molar-refractivity contribution in [1.82, 2.24) is 9.21 Å². The van der Waals surface area contributed by atoms with E-state index >= 15 is 0 Å². The van der Waals surface area contributed by atoms with Crippen LogP contribution in [0.2, 0.25) is 0 Å².